The van der Waals surface area contributed by atoms with E-state index in [9.17, 15) is 5.11 Å². The maximum Gasteiger partial charge on any atom is 0.146 e. The number of hydrogen-bond acceptors (Lipinski definition) is 3. The molecule has 2 nitrogen and oxygen atoms in total. The van der Waals surface area contributed by atoms with E-state index in [0.29, 0.717) is 11.7 Å². The molecule has 2 unspecified atom stereocenters. The van der Waals surface area contributed by atoms with Crippen molar-refractivity contribution in [2.24, 2.45) is 5.92 Å². The first-order valence-electron chi connectivity index (χ1n) is 4.27. The summed E-state index contributed by atoms with van der Waals surface area (Å²) in [5.41, 5.74) is 0. The molecule has 0 saturated carbocycles. The Balaban J connectivity index is 2.12. The number of furan rings is 1. The van der Waals surface area contributed by atoms with Crippen molar-refractivity contribution < 1.29 is 9.52 Å². The molecule has 1 N–H and O–H groups in total. The third-order valence-electron chi connectivity index (χ3n) is 2.32. The fourth-order valence-corrected chi connectivity index (χ4v) is 3.26. The lowest BCUT2D eigenvalue weighted by molar-refractivity contribution is 0.0966. The molecule has 0 aromatic carbocycles. The van der Waals surface area contributed by atoms with E-state index < -0.39 is 6.10 Å². The lowest BCUT2D eigenvalue weighted by atomic mass is 10.0. The number of rotatable bonds is 2. The predicted molar refractivity (Wildman–Crippen MR) is 56.8 cm³/mol. The second-order valence-electron chi connectivity index (χ2n) is 3.20. The van der Waals surface area contributed by atoms with Crippen molar-refractivity contribution in [1.82, 2.24) is 0 Å². The van der Waals surface area contributed by atoms with Gasteiger partial charge in [-0.15, -0.1) is 0 Å². The molecular weight excluding hydrogens is 252 g/mol. The third kappa shape index (κ3) is 1.95. The summed E-state index contributed by atoms with van der Waals surface area (Å²) in [6, 6.07) is 1.82. The Hall–Kier alpha value is 0.0700. The molecule has 0 aliphatic carbocycles. The molecular formula is C9H11BrO2S. The van der Waals surface area contributed by atoms with E-state index in [2.05, 4.69) is 15.9 Å². The van der Waals surface area contributed by atoms with Crippen LogP contribution in [0.2, 0.25) is 0 Å². The molecule has 2 rings (SSSR count). The van der Waals surface area contributed by atoms with Gasteiger partial charge >= 0.3 is 0 Å². The average Bonchev–Trinajstić information content (AvgIpc) is 2.72. The Morgan fingerprint density at radius 1 is 1.69 bits per heavy atom. The highest BCUT2D eigenvalue weighted by molar-refractivity contribution is 9.10. The molecule has 0 spiro atoms. The van der Waals surface area contributed by atoms with Gasteiger partial charge in [-0.3, -0.25) is 0 Å². The van der Waals surface area contributed by atoms with Crippen molar-refractivity contribution in [3.8, 4) is 0 Å². The van der Waals surface area contributed by atoms with Crippen LogP contribution in [0, 0.1) is 5.92 Å². The summed E-state index contributed by atoms with van der Waals surface area (Å²) in [6.45, 7) is 0. The first-order chi connectivity index (χ1) is 6.29. The SMILES string of the molecule is OC(c1occc1Br)C1CCSC1. The highest BCUT2D eigenvalue weighted by atomic mass is 79.9. The summed E-state index contributed by atoms with van der Waals surface area (Å²) in [5, 5.41) is 9.95. The summed E-state index contributed by atoms with van der Waals surface area (Å²) < 4.78 is 6.10. The van der Waals surface area contributed by atoms with Crippen molar-refractivity contribution in [3.05, 3.63) is 22.6 Å². The van der Waals surface area contributed by atoms with Crippen LogP contribution in [0.5, 0.6) is 0 Å². The van der Waals surface area contributed by atoms with Gasteiger partial charge in [-0.2, -0.15) is 11.8 Å². The van der Waals surface area contributed by atoms with Gasteiger partial charge in [0.2, 0.25) is 0 Å². The van der Waals surface area contributed by atoms with E-state index in [1.54, 1.807) is 6.26 Å². The van der Waals surface area contributed by atoms with Gasteiger partial charge in [0.1, 0.15) is 11.9 Å². The smallest absolute Gasteiger partial charge is 0.146 e. The van der Waals surface area contributed by atoms with Crippen molar-refractivity contribution in [2.45, 2.75) is 12.5 Å². The number of aliphatic hydroxyl groups is 1. The lowest BCUT2D eigenvalue weighted by Crippen LogP contribution is -2.11. The molecule has 13 heavy (non-hydrogen) atoms. The first kappa shape index (κ1) is 9.62. The normalized spacial score (nSPS) is 24.9. The zero-order chi connectivity index (χ0) is 9.26. The van der Waals surface area contributed by atoms with Crippen LogP contribution in [0.15, 0.2) is 21.2 Å². The molecule has 2 atom stereocenters. The minimum absolute atomic E-state index is 0.354. The fraction of sp³-hybridized carbons (Fsp3) is 0.556. The monoisotopic (exact) mass is 262 g/mol. The number of halogens is 1. The average molecular weight is 263 g/mol. The molecule has 1 aliphatic heterocycles. The minimum Gasteiger partial charge on any atom is -0.465 e. The zero-order valence-corrected chi connectivity index (χ0v) is 9.47. The maximum absolute atomic E-state index is 9.95. The Bertz CT molecular complexity index is 281. The van der Waals surface area contributed by atoms with Gasteiger partial charge in [-0.1, -0.05) is 0 Å². The minimum atomic E-state index is -0.445. The van der Waals surface area contributed by atoms with Gasteiger partial charge in [0.25, 0.3) is 0 Å². The third-order valence-corrected chi connectivity index (χ3v) is 4.17. The highest BCUT2D eigenvalue weighted by Crippen LogP contribution is 2.36. The van der Waals surface area contributed by atoms with Crippen molar-refractivity contribution in [1.29, 1.82) is 0 Å². The first-order valence-corrected chi connectivity index (χ1v) is 6.22. The van der Waals surface area contributed by atoms with E-state index in [1.165, 1.54) is 0 Å². The molecule has 1 aromatic heterocycles. The Morgan fingerprint density at radius 2 is 2.54 bits per heavy atom. The summed E-state index contributed by atoms with van der Waals surface area (Å²) in [6.07, 6.45) is 2.24. The standard InChI is InChI=1S/C9H11BrO2S/c10-7-1-3-12-9(7)8(11)6-2-4-13-5-6/h1,3,6,8,11H,2,4-5H2. The predicted octanol–water partition coefficient (Wildman–Crippen LogP) is 2.83. The summed E-state index contributed by atoms with van der Waals surface area (Å²) in [7, 11) is 0. The maximum atomic E-state index is 9.95. The summed E-state index contributed by atoms with van der Waals surface area (Å²) in [4.78, 5) is 0. The Kier molecular flexibility index (Phi) is 3.01. The van der Waals surface area contributed by atoms with E-state index >= 15 is 0 Å². The van der Waals surface area contributed by atoms with E-state index in [-0.39, 0.29) is 0 Å². The van der Waals surface area contributed by atoms with Crippen LogP contribution < -0.4 is 0 Å². The van der Waals surface area contributed by atoms with Gasteiger partial charge < -0.3 is 9.52 Å². The van der Waals surface area contributed by atoms with Crippen LogP contribution in [0.1, 0.15) is 18.3 Å². The van der Waals surface area contributed by atoms with Crippen molar-refractivity contribution in [3.63, 3.8) is 0 Å². The molecule has 1 fully saturated rings. The summed E-state index contributed by atoms with van der Waals surface area (Å²) >= 11 is 5.25. The van der Waals surface area contributed by atoms with Gasteiger partial charge in [0.15, 0.2) is 0 Å². The molecule has 2 heterocycles. The highest BCUT2D eigenvalue weighted by Gasteiger charge is 2.28. The van der Waals surface area contributed by atoms with E-state index in [0.717, 1.165) is 22.4 Å². The van der Waals surface area contributed by atoms with Crippen LogP contribution in [0.3, 0.4) is 0 Å². The van der Waals surface area contributed by atoms with Crippen molar-refractivity contribution >= 4 is 27.7 Å². The van der Waals surface area contributed by atoms with E-state index in [1.807, 2.05) is 17.8 Å². The second-order valence-corrected chi connectivity index (χ2v) is 5.21. The van der Waals surface area contributed by atoms with Crippen molar-refractivity contribution in [2.75, 3.05) is 11.5 Å². The Morgan fingerprint density at radius 3 is 3.08 bits per heavy atom. The van der Waals surface area contributed by atoms with Crippen LogP contribution in [-0.2, 0) is 0 Å². The molecule has 1 saturated heterocycles. The van der Waals surface area contributed by atoms with Gasteiger partial charge in [-0.25, -0.2) is 0 Å². The molecule has 0 amide bonds. The molecule has 0 radical (unpaired) electrons. The molecule has 1 aromatic rings. The lowest BCUT2D eigenvalue weighted by Gasteiger charge is -2.14. The van der Waals surface area contributed by atoms with Crippen LogP contribution in [-0.4, -0.2) is 16.6 Å². The van der Waals surface area contributed by atoms with Gasteiger partial charge in [0, 0.05) is 5.92 Å². The molecule has 1 aliphatic rings. The largest absolute Gasteiger partial charge is 0.465 e. The molecule has 72 valence electrons. The Labute approximate surface area is 89.8 Å². The molecule has 0 bridgehead atoms. The van der Waals surface area contributed by atoms with E-state index in [4.69, 9.17) is 4.42 Å². The zero-order valence-electron chi connectivity index (χ0n) is 7.07. The molecule has 4 heteroatoms. The van der Waals surface area contributed by atoms with Crippen LogP contribution in [0.4, 0.5) is 0 Å². The van der Waals surface area contributed by atoms with Gasteiger partial charge in [0.05, 0.1) is 10.7 Å². The second kappa shape index (κ2) is 4.07. The van der Waals surface area contributed by atoms with Crippen LogP contribution in [0.25, 0.3) is 0 Å². The number of hydrogen-bond donors (Lipinski definition) is 1. The number of aliphatic hydroxyl groups excluding tert-OH is 1. The van der Waals surface area contributed by atoms with Gasteiger partial charge in [-0.05, 0) is 39.9 Å². The quantitative estimate of drug-likeness (QED) is 0.890. The van der Waals surface area contributed by atoms with Crippen LogP contribution >= 0.6 is 27.7 Å². The summed E-state index contributed by atoms with van der Waals surface area (Å²) in [5.74, 6) is 3.22. The topological polar surface area (TPSA) is 33.4 Å². The number of thioether (sulfide) groups is 1. The fourth-order valence-electron chi connectivity index (χ4n) is 1.53.